The lowest BCUT2D eigenvalue weighted by atomic mass is 10.1. The SMILES string of the molecule is Cc1ccc2c(c1)CC(Cn1cccc1C(C)O)O2. The topological polar surface area (TPSA) is 34.4 Å². The molecule has 1 aliphatic heterocycles. The molecule has 0 bridgehead atoms. The lowest BCUT2D eigenvalue weighted by Crippen LogP contribution is -2.22. The van der Waals surface area contributed by atoms with Gasteiger partial charge in [-0.05, 0) is 37.6 Å². The Morgan fingerprint density at radius 3 is 3.05 bits per heavy atom. The number of aliphatic hydroxyl groups excluding tert-OH is 1. The van der Waals surface area contributed by atoms with Gasteiger partial charge in [0.05, 0.1) is 12.6 Å². The molecular formula is C16H19NO2. The highest BCUT2D eigenvalue weighted by Gasteiger charge is 2.23. The van der Waals surface area contributed by atoms with Crippen LogP contribution in [-0.2, 0) is 13.0 Å². The third kappa shape index (κ3) is 2.38. The molecule has 0 radical (unpaired) electrons. The largest absolute Gasteiger partial charge is 0.488 e. The molecule has 0 spiro atoms. The zero-order valence-corrected chi connectivity index (χ0v) is 11.3. The Morgan fingerprint density at radius 1 is 1.42 bits per heavy atom. The predicted octanol–water partition coefficient (Wildman–Crippen LogP) is 2.85. The first kappa shape index (κ1) is 12.3. The van der Waals surface area contributed by atoms with E-state index >= 15 is 0 Å². The molecule has 2 aromatic rings. The van der Waals surface area contributed by atoms with Gasteiger partial charge in [-0.1, -0.05) is 17.7 Å². The van der Waals surface area contributed by atoms with E-state index in [9.17, 15) is 5.11 Å². The van der Waals surface area contributed by atoms with E-state index in [1.165, 1.54) is 11.1 Å². The highest BCUT2D eigenvalue weighted by atomic mass is 16.5. The molecule has 0 amide bonds. The molecule has 0 saturated heterocycles. The van der Waals surface area contributed by atoms with Crippen molar-refractivity contribution >= 4 is 0 Å². The van der Waals surface area contributed by atoms with Gasteiger partial charge < -0.3 is 14.4 Å². The van der Waals surface area contributed by atoms with Crippen molar-refractivity contribution in [3.8, 4) is 5.75 Å². The van der Waals surface area contributed by atoms with Gasteiger partial charge in [0.1, 0.15) is 11.9 Å². The molecule has 1 aromatic carbocycles. The Labute approximate surface area is 113 Å². The van der Waals surface area contributed by atoms with E-state index in [0.29, 0.717) is 0 Å². The second kappa shape index (κ2) is 4.74. The second-order valence-corrected chi connectivity index (χ2v) is 5.32. The number of fused-ring (bicyclic) bond motifs is 1. The molecule has 100 valence electrons. The summed E-state index contributed by atoms with van der Waals surface area (Å²) in [5.74, 6) is 1.00. The maximum absolute atomic E-state index is 9.72. The molecule has 0 saturated carbocycles. The molecule has 19 heavy (non-hydrogen) atoms. The van der Waals surface area contributed by atoms with Crippen LogP contribution in [0.25, 0.3) is 0 Å². The van der Waals surface area contributed by atoms with Gasteiger partial charge in [0.25, 0.3) is 0 Å². The molecule has 2 unspecified atom stereocenters. The molecule has 3 rings (SSSR count). The minimum absolute atomic E-state index is 0.154. The fourth-order valence-electron chi connectivity index (χ4n) is 2.74. The average Bonchev–Trinajstić information content (AvgIpc) is 2.95. The van der Waals surface area contributed by atoms with Crippen LogP contribution in [0.1, 0.15) is 29.8 Å². The van der Waals surface area contributed by atoms with E-state index in [1.807, 2.05) is 18.3 Å². The summed E-state index contributed by atoms with van der Waals surface area (Å²) in [6, 6.07) is 10.2. The summed E-state index contributed by atoms with van der Waals surface area (Å²) in [5.41, 5.74) is 3.50. The van der Waals surface area contributed by atoms with Crippen LogP contribution in [0.2, 0.25) is 0 Å². The van der Waals surface area contributed by atoms with Crippen LogP contribution in [-0.4, -0.2) is 15.8 Å². The number of aliphatic hydroxyl groups is 1. The number of hydrogen-bond acceptors (Lipinski definition) is 2. The van der Waals surface area contributed by atoms with E-state index in [-0.39, 0.29) is 6.10 Å². The quantitative estimate of drug-likeness (QED) is 0.917. The number of nitrogens with zero attached hydrogens (tertiary/aromatic N) is 1. The van der Waals surface area contributed by atoms with Crippen LogP contribution >= 0.6 is 0 Å². The molecule has 3 nitrogen and oxygen atoms in total. The van der Waals surface area contributed by atoms with Crippen molar-refractivity contribution in [2.45, 2.75) is 39.0 Å². The highest BCUT2D eigenvalue weighted by Crippen LogP contribution is 2.30. The average molecular weight is 257 g/mol. The van der Waals surface area contributed by atoms with Crippen LogP contribution in [0.3, 0.4) is 0 Å². The summed E-state index contributed by atoms with van der Waals surface area (Å²) >= 11 is 0. The van der Waals surface area contributed by atoms with Crippen molar-refractivity contribution in [1.82, 2.24) is 4.57 Å². The molecule has 3 heteroatoms. The van der Waals surface area contributed by atoms with Crippen LogP contribution in [0.5, 0.6) is 5.75 Å². The van der Waals surface area contributed by atoms with Crippen molar-refractivity contribution in [2.75, 3.05) is 0 Å². The van der Waals surface area contributed by atoms with Crippen molar-refractivity contribution in [3.05, 3.63) is 53.3 Å². The molecule has 2 atom stereocenters. The minimum atomic E-state index is -0.443. The Morgan fingerprint density at radius 2 is 2.26 bits per heavy atom. The first-order valence-electron chi connectivity index (χ1n) is 6.73. The fraction of sp³-hybridized carbons (Fsp3) is 0.375. The van der Waals surface area contributed by atoms with Gasteiger partial charge in [-0.2, -0.15) is 0 Å². The van der Waals surface area contributed by atoms with Crippen LogP contribution in [0, 0.1) is 6.92 Å². The number of hydrogen-bond donors (Lipinski definition) is 1. The third-order valence-electron chi connectivity index (χ3n) is 3.65. The van der Waals surface area contributed by atoms with Gasteiger partial charge in [0.15, 0.2) is 0 Å². The normalized spacial score (nSPS) is 19.0. The zero-order valence-electron chi connectivity index (χ0n) is 11.3. The monoisotopic (exact) mass is 257 g/mol. The highest BCUT2D eigenvalue weighted by molar-refractivity contribution is 5.40. The lowest BCUT2D eigenvalue weighted by molar-refractivity contribution is 0.174. The van der Waals surface area contributed by atoms with Gasteiger partial charge in [-0.3, -0.25) is 0 Å². The molecule has 1 aromatic heterocycles. The number of benzene rings is 1. The summed E-state index contributed by atoms with van der Waals surface area (Å²) in [6.07, 6.45) is 2.65. The van der Waals surface area contributed by atoms with Gasteiger partial charge in [0, 0.05) is 18.3 Å². The van der Waals surface area contributed by atoms with Crippen molar-refractivity contribution in [1.29, 1.82) is 0 Å². The standard InChI is InChI=1S/C16H19NO2/c1-11-5-6-16-13(8-11)9-14(19-16)10-17-7-3-4-15(17)12(2)18/h3-8,12,14,18H,9-10H2,1-2H3. The summed E-state index contributed by atoms with van der Waals surface area (Å²) in [5, 5.41) is 9.72. The van der Waals surface area contributed by atoms with Gasteiger partial charge in [0.2, 0.25) is 0 Å². The van der Waals surface area contributed by atoms with Crippen molar-refractivity contribution < 1.29 is 9.84 Å². The van der Waals surface area contributed by atoms with E-state index in [1.54, 1.807) is 6.92 Å². The molecule has 1 aliphatic rings. The molecule has 1 N–H and O–H groups in total. The van der Waals surface area contributed by atoms with E-state index in [4.69, 9.17) is 4.74 Å². The Bertz CT molecular complexity index is 586. The van der Waals surface area contributed by atoms with Gasteiger partial charge in [-0.25, -0.2) is 0 Å². The summed E-state index contributed by atoms with van der Waals surface area (Å²) in [4.78, 5) is 0. The molecule has 0 aliphatic carbocycles. The van der Waals surface area contributed by atoms with Gasteiger partial charge >= 0.3 is 0 Å². The number of ether oxygens (including phenoxy) is 1. The summed E-state index contributed by atoms with van der Waals surface area (Å²) in [7, 11) is 0. The fourth-order valence-corrected chi connectivity index (χ4v) is 2.74. The summed E-state index contributed by atoms with van der Waals surface area (Å²) < 4.78 is 8.04. The van der Waals surface area contributed by atoms with Crippen LogP contribution in [0.15, 0.2) is 36.5 Å². The van der Waals surface area contributed by atoms with E-state index in [2.05, 4.69) is 29.7 Å². The Hall–Kier alpha value is -1.74. The first-order valence-corrected chi connectivity index (χ1v) is 6.73. The number of aryl methyl sites for hydroxylation is 1. The maximum atomic E-state index is 9.72. The molecular weight excluding hydrogens is 238 g/mol. The maximum Gasteiger partial charge on any atom is 0.123 e. The van der Waals surface area contributed by atoms with Crippen molar-refractivity contribution in [2.24, 2.45) is 0 Å². The van der Waals surface area contributed by atoms with E-state index < -0.39 is 6.10 Å². The lowest BCUT2D eigenvalue weighted by Gasteiger charge is -2.16. The van der Waals surface area contributed by atoms with Gasteiger partial charge in [-0.15, -0.1) is 0 Å². The predicted molar refractivity (Wildman–Crippen MR) is 74.4 cm³/mol. The first-order chi connectivity index (χ1) is 9.13. The van der Waals surface area contributed by atoms with Crippen LogP contribution < -0.4 is 4.74 Å². The number of rotatable bonds is 3. The summed E-state index contributed by atoms with van der Waals surface area (Å²) in [6.45, 7) is 4.67. The third-order valence-corrected chi connectivity index (χ3v) is 3.65. The zero-order chi connectivity index (χ0) is 13.4. The molecule has 0 fully saturated rings. The molecule has 2 heterocycles. The van der Waals surface area contributed by atoms with Crippen molar-refractivity contribution in [3.63, 3.8) is 0 Å². The smallest absolute Gasteiger partial charge is 0.123 e. The number of aromatic nitrogens is 1. The minimum Gasteiger partial charge on any atom is -0.488 e. The Kier molecular flexibility index (Phi) is 3.07. The van der Waals surface area contributed by atoms with Crippen LogP contribution in [0.4, 0.5) is 0 Å². The van der Waals surface area contributed by atoms with E-state index in [0.717, 1.165) is 24.4 Å². The second-order valence-electron chi connectivity index (χ2n) is 5.32. The Balaban J connectivity index is 1.75.